The van der Waals surface area contributed by atoms with Gasteiger partial charge in [-0.05, 0) is 89.3 Å². The van der Waals surface area contributed by atoms with Gasteiger partial charge in [0.1, 0.15) is 0 Å². The summed E-state index contributed by atoms with van der Waals surface area (Å²) in [4.78, 5) is 12.3. The molecule has 3 aromatic carbocycles. The van der Waals surface area contributed by atoms with E-state index in [9.17, 15) is 13.2 Å². The van der Waals surface area contributed by atoms with E-state index in [0.717, 1.165) is 7.88 Å². The molecule has 0 radical (unpaired) electrons. The van der Waals surface area contributed by atoms with Gasteiger partial charge in [-0.1, -0.05) is 17.7 Å². The highest BCUT2D eigenvalue weighted by Gasteiger charge is 2.21. The molecule has 0 bridgehead atoms. The topological polar surface area (TPSA) is 78.5 Å². The molecule has 0 aliphatic carbocycles. The first-order valence-corrected chi connectivity index (χ1v) is 11.3. The number of carbonyl (C=O) groups is 1. The lowest BCUT2D eigenvalue weighted by Crippen LogP contribution is -2.26. The van der Waals surface area contributed by atoms with Gasteiger partial charge < -0.3 is 10.6 Å². The fourth-order valence-corrected chi connectivity index (χ4v) is 4.24. The summed E-state index contributed by atoms with van der Waals surface area (Å²) in [5.74, 6) is 0. The quantitative estimate of drug-likeness (QED) is 0.424. The molecule has 0 spiro atoms. The summed E-state index contributed by atoms with van der Waals surface area (Å²) in [5.41, 5.74) is 1.47. The van der Waals surface area contributed by atoms with E-state index in [2.05, 4.69) is 33.2 Å². The summed E-state index contributed by atoms with van der Waals surface area (Å²) in [6.07, 6.45) is 0. The molecule has 0 fully saturated rings. The Bertz CT molecular complexity index is 1120. The average molecular weight is 542 g/mol. The van der Waals surface area contributed by atoms with Gasteiger partial charge in [0, 0.05) is 27.0 Å². The van der Waals surface area contributed by atoms with Crippen LogP contribution in [-0.4, -0.2) is 21.5 Å². The zero-order valence-electron chi connectivity index (χ0n) is 15.3. The van der Waals surface area contributed by atoms with E-state index in [0.29, 0.717) is 22.1 Å². The van der Waals surface area contributed by atoms with Gasteiger partial charge in [-0.15, -0.1) is 0 Å². The van der Waals surface area contributed by atoms with Crippen LogP contribution in [0.2, 0.25) is 5.02 Å². The van der Waals surface area contributed by atoms with Crippen molar-refractivity contribution in [2.24, 2.45) is 0 Å². The number of halogens is 2. The lowest BCUT2D eigenvalue weighted by molar-refractivity contribution is 0.262. The zero-order chi connectivity index (χ0) is 21.0. The molecule has 3 rings (SSSR count). The first-order valence-electron chi connectivity index (χ1n) is 8.44. The summed E-state index contributed by atoms with van der Waals surface area (Å²) in [6.45, 7) is 0. The highest BCUT2D eigenvalue weighted by molar-refractivity contribution is 14.1. The number of carbonyl (C=O) groups excluding carboxylic acids is 1. The Morgan fingerprint density at radius 2 is 1.55 bits per heavy atom. The molecular formula is C20H17ClIN3O3S. The first kappa shape index (κ1) is 21.4. The van der Waals surface area contributed by atoms with Gasteiger partial charge in [-0.3, -0.25) is 4.31 Å². The van der Waals surface area contributed by atoms with Crippen LogP contribution in [-0.2, 0) is 10.0 Å². The molecule has 0 aliphatic heterocycles. The van der Waals surface area contributed by atoms with Gasteiger partial charge in [0.15, 0.2) is 0 Å². The van der Waals surface area contributed by atoms with E-state index in [1.807, 2.05) is 12.1 Å². The lowest BCUT2D eigenvalue weighted by atomic mass is 10.3. The second-order valence-corrected chi connectivity index (χ2v) is 9.71. The lowest BCUT2D eigenvalue weighted by Gasteiger charge is -2.20. The number of nitrogens with one attached hydrogen (secondary N) is 2. The number of urea groups is 1. The SMILES string of the molecule is CN(c1ccc(Cl)cc1)S(=O)(=O)c1cccc(NC(=O)Nc2ccc(I)cc2)c1. The van der Waals surface area contributed by atoms with Gasteiger partial charge >= 0.3 is 6.03 Å². The Morgan fingerprint density at radius 1 is 0.931 bits per heavy atom. The second kappa shape index (κ2) is 9.02. The van der Waals surface area contributed by atoms with Crippen LogP contribution in [0.25, 0.3) is 0 Å². The van der Waals surface area contributed by atoms with Gasteiger partial charge in [-0.2, -0.15) is 0 Å². The predicted molar refractivity (Wildman–Crippen MR) is 125 cm³/mol. The minimum absolute atomic E-state index is 0.0574. The Hall–Kier alpha value is -2.30. The van der Waals surface area contributed by atoms with Gasteiger partial charge in [0.2, 0.25) is 0 Å². The minimum Gasteiger partial charge on any atom is -0.308 e. The van der Waals surface area contributed by atoms with Crippen molar-refractivity contribution in [3.8, 4) is 0 Å². The number of benzene rings is 3. The van der Waals surface area contributed by atoms with E-state index in [1.54, 1.807) is 48.5 Å². The molecule has 0 heterocycles. The molecule has 150 valence electrons. The average Bonchev–Trinajstić information content (AvgIpc) is 2.70. The molecule has 0 aromatic heterocycles. The van der Waals surface area contributed by atoms with Crippen molar-refractivity contribution in [3.05, 3.63) is 81.4 Å². The van der Waals surface area contributed by atoms with Crippen LogP contribution in [0.3, 0.4) is 0 Å². The van der Waals surface area contributed by atoms with E-state index < -0.39 is 16.1 Å². The number of hydrogen-bond donors (Lipinski definition) is 2. The Morgan fingerprint density at radius 3 is 2.21 bits per heavy atom. The maximum Gasteiger partial charge on any atom is 0.323 e. The normalized spacial score (nSPS) is 11.0. The van der Waals surface area contributed by atoms with Crippen LogP contribution in [0.5, 0.6) is 0 Å². The summed E-state index contributed by atoms with van der Waals surface area (Å²) in [7, 11) is -2.35. The van der Waals surface area contributed by atoms with Crippen LogP contribution in [0, 0.1) is 3.57 Å². The van der Waals surface area contributed by atoms with Crippen molar-refractivity contribution in [2.75, 3.05) is 22.0 Å². The summed E-state index contributed by atoms with van der Waals surface area (Å²) in [5, 5.41) is 5.87. The number of sulfonamides is 1. The van der Waals surface area contributed by atoms with E-state index in [4.69, 9.17) is 11.6 Å². The largest absolute Gasteiger partial charge is 0.323 e. The monoisotopic (exact) mass is 541 g/mol. The standard InChI is InChI=1S/C20H17ClIN3O3S/c1-25(18-11-5-14(21)6-12-18)29(27,28)19-4-2-3-17(13-19)24-20(26)23-16-9-7-15(22)8-10-16/h2-13H,1H3,(H2,23,24,26). The first-order chi connectivity index (χ1) is 13.8. The number of hydrogen-bond acceptors (Lipinski definition) is 3. The number of rotatable bonds is 5. The molecule has 29 heavy (non-hydrogen) atoms. The Balaban J connectivity index is 1.76. The number of anilines is 3. The van der Waals surface area contributed by atoms with Crippen molar-refractivity contribution in [1.29, 1.82) is 0 Å². The third-order valence-corrected chi connectivity index (χ3v) is 6.80. The third kappa shape index (κ3) is 5.40. The molecule has 0 aliphatic rings. The van der Waals surface area contributed by atoms with Crippen molar-refractivity contribution in [3.63, 3.8) is 0 Å². The third-order valence-electron chi connectivity index (χ3n) is 4.04. The molecule has 0 saturated carbocycles. The highest BCUT2D eigenvalue weighted by Crippen LogP contribution is 2.25. The predicted octanol–water partition coefficient (Wildman–Crippen LogP) is 5.41. The molecule has 9 heteroatoms. The van der Waals surface area contributed by atoms with Gasteiger partial charge in [-0.25, -0.2) is 13.2 Å². The van der Waals surface area contributed by atoms with E-state index >= 15 is 0 Å². The summed E-state index contributed by atoms with van der Waals surface area (Å²) >= 11 is 8.04. The molecule has 2 N–H and O–H groups in total. The smallest absolute Gasteiger partial charge is 0.308 e. The van der Waals surface area contributed by atoms with Crippen molar-refractivity contribution >= 4 is 67.3 Å². The number of amides is 2. The minimum atomic E-state index is -3.81. The van der Waals surface area contributed by atoms with Crippen LogP contribution in [0.15, 0.2) is 77.7 Å². The van der Waals surface area contributed by atoms with Crippen LogP contribution in [0.1, 0.15) is 0 Å². The summed E-state index contributed by atoms with van der Waals surface area (Å²) in [6, 6.07) is 19.4. The molecule has 3 aromatic rings. The fraction of sp³-hybridized carbons (Fsp3) is 0.0500. The fourth-order valence-electron chi connectivity index (χ4n) is 2.51. The molecule has 0 atom stereocenters. The van der Waals surface area contributed by atoms with Gasteiger partial charge in [0.25, 0.3) is 10.0 Å². The molecular weight excluding hydrogens is 525 g/mol. The maximum absolute atomic E-state index is 12.9. The molecule has 2 amide bonds. The molecule has 0 saturated heterocycles. The second-order valence-electron chi connectivity index (χ2n) is 6.06. The zero-order valence-corrected chi connectivity index (χ0v) is 19.0. The Kier molecular flexibility index (Phi) is 6.66. The van der Waals surface area contributed by atoms with E-state index in [1.165, 1.54) is 19.2 Å². The summed E-state index contributed by atoms with van der Waals surface area (Å²) < 4.78 is 28.1. The van der Waals surface area contributed by atoms with Crippen LogP contribution < -0.4 is 14.9 Å². The van der Waals surface area contributed by atoms with Crippen molar-refractivity contribution in [1.82, 2.24) is 0 Å². The molecule has 0 unspecified atom stereocenters. The van der Waals surface area contributed by atoms with Crippen LogP contribution >= 0.6 is 34.2 Å². The maximum atomic E-state index is 12.9. The van der Waals surface area contributed by atoms with E-state index in [-0.39, 0.29) is 4.90 Å². The number of nitrogens with zero attached hydrogens (tertiary/aromatic N) is 1. The van der Waals surface area contributed by atoms with Gasteiger partial charge in [0.05, 0.1) is 10.6 Å². The highest BCUT2D eigenvalue weighted by atomic mass is 127. The van der Waals surface area contributed by atoms with Crippen molar-refractivity contribution < 1.29 is 13.2 Å². The van der Waals surface area contributed by atoms with Crippen molar-refractivity contribution in [2.45, 2.75) is 4.90 Å². The van der Waals surface area contributed by atoms with Crippen LogP contribution in [0.4, 0.5) is 21.9 Å². The Labute approximate surface area is 188 Å². The molecule has 6 nitrogen and oxygen atoms in total.